The van der Waals surface area contributed by atoms with Gasteiger partial charge in [0.15, 0.2) is 0 Å². The minimum Gasteiger partial charge on any atom is -0.325 e. The van der Waals surface area contributed by atoms with E-state index in [-0.39, 0.29) is 11.6 Å². The lowest BCUT2D eigenvalue weighted by molar-refractivity contribution is -0.115. The topological polar surface area (TPSA) is 87.3 Å². The summed E-state index contributed by atoms with van der Waals surface area (Å²) >= 11 is 20.0. The van der Waals surface area contributed by atoms with Gasteiger partial charge in [0, 0.05) is 42.5 Å². The summed E-state index contributed by atoms with van der Waals surface area (Å²) < 4.78 is 0. The van der Waals surface area contributed by atoms with Gasteiger partial charge < -0.3 is 16.0 Å². The first-order valence-corrected chi connectivity index (χ1v) is 14.4. The van der Waals surface area contributed by atoms with Crippen LogP contribution >= 0.6 is 46.6 Å². The van der Waals surface area contributed by atoms with Crippen molar-refractivity contribution in [3.05, 3.63) is 129 Å². The molecule has 0 aliphatic rings. The average Bonchev–Trinajstić information content (AvgIpc) is 2.95. The lowest BCUT2D eigenvalue weighted by Crippen LogP contribution is -2.30. The van der Waals surface area contributed by atoms with Gasteiger partial charge in [0.05, 0.1) is 5.25 Å². The van der Waals surface area contributed by atoms with E-state index < -0.39 is 17.1 Å². The Morgan fingerprint density at radius 3 is 2.07 bits per heavy atom. The van der Waals surface area contributed by atoms with Crippen molar-refractivity contribution in [1.82, 2.24) is 5.32 Å². The number of amides is 3. The maximum Gasteiger partial charge on any atom is 0.272 e. The number of carbonyl (C=O) groups is 3. The SMILES string of the molecule is CC(Sc1ccc(NC(=O)/C(=C/c2c(Cl)cccc2Cl)NC(=O)c2ccccc2)cc1)C(=O)Nc1cccc(Cl)c1. The molecule has 0 spiro atoms. The molecule has 4 aromatic carbocycles. The van der Waals surface area contributed by atoms with E-state index in [1.54, 1.807) is 104 Å². The molecule has 0 bridgehead atoms. The summed E-state index contributed by atoms with van der Waals surface area (Å²) in [5, 5.41) is 9.10. The van der Waals surface area contributed by atoms with E-state index in [1.807, 2.05) is 0 Å². The van der Waals surface area contributed by atoms with Crippen LogP contribution in [0.25, 0.3) is 6.08 Å². The van der Waals surface area contributed by atoms with E-state index in [4.69, 9.17) is 34.8 Å². The Labute approximate surface area is 257 Å². The Balaban J connectivity index is 1.46. The van der Waals surface area contributed by atoms with Crippen molar-refractivity contribution < 1.29 is 14.4 Å². The van der Waals surface area contributed by atoms with Crippen LogP contribution in [0.3, 0.4) is 0 Å². The number of halogens is 3. The highest BCUT2D eigenvalue weighted by Gasteiger charge is 2.18. The Hall–Kier alpha value is -3.75. The summed E-state index contributed by atoms with van der Waals surface area (Å²) in [6, 6.07) is 27.4. The monoisotopic (exact) mass is 623 g/mol. The van der Waals surface area contributed by atoms with E-state index >= 15 is 0 Å². The van der Waals surface area contributed by atoms with Gasteiger partial charge in [0.25, 0.3) is 11.8 Å². The molecule has 0 saturated heterocycles. The first kappa shape index (κ1) is 30.2. The largest absolute Gasteiger partial charge is 0.325 e. The summed E-state index contributed by atoms with van der Waals surface area (Å²) in [4.78, 5) is 39.6. The normalized spacial score (nSPS) is 11.9. The quantitative estimate of drug-likeness (QED) is 0.129. The molecule has 1 unspecified atom stereocenters. The fourth-order valence-electron chi connectivity index (χ4n) is 3.62. The van der Waals surface area contributed by atoms with Crippen LogP contribution in [-0.2, 0) is 9.59 Å². The first-order chi connectivity index (χ1) is 19.7. The van der Waals surface area contributed by atoms with Gasteiger partial charge in [-0.1, -0.05) is 65.1 Å². The lowest BCUT2D eigenvalue weighted by atomic mass is 10.1. The minimum atomic E-state index is -0.570. The molecule has 0 aromatic heterocycles. The van der Waals surface area contributed by atoms with E-state index in [0.29, 0.717) is 37.6 Å². The van der Waals surface area contributed by atoms with Crippen molar-refractivity contribution in [3.8, 4) is 0 Å². The fourth-order valence-corrected chi connectivity index (χ4v) is 5.18. The number of benzene rings is 4. The summed E-state index contributed by atoms with van der Waals surface area (Å²) in [5.41, 5.74) is 1.84. The van der Waals surface area contributed by atoms with Crippen molar-refractivity contribution in [2.24, 2.45) is 0 Å². The summed E-state index contributed by atoms with van der Waals surface area (Å²) in [5.74, 6) is -1.20. The van der Waals surface area contributed by atoms with Crippen LogP contribution in [0.1, 0.15) is 22.8 Å². The van der Waals surface area contributed by atoms with Crippen LogP contribution in [0.15, 0.2) is 108 Å². The number of hydrogen-bond donors (Lipinski definition) is 3. The Morgan fingerprint density at radius 1 is 0.756 bits per heavy atom. The molecule has 6 nitrogen and oxygen atoms in total. The van der Waals surface area contributed by atoms with Gasteiger partial charge in [-0.25, -0.2) is 0 Å². The molecular weight excluding hydrogens is 601 g/mol. The second kappa shape index (κ2) is 14.2. The van der Waals surface area contributed by atoms with Crippen molar-refractivity contribution in [2.45, 2.75) is 17.1 Å². The van der Waals surface area contributed by atoms with Crippen LogP contribution < -0.4 is 16.0 Å². The van der Waals surface area contributed by atoms with Crippen LogP contribution in [0.2, 0.25) is 15.1 Å². The van der Waals surface area contributed by atoms with Crippen LogP contribution in [0.5, 0.6) is 0 Å². The molecule has 4 aromatic rings. The van der Waals surface area contributed by atoms with Crippen LogP contribution in [0.4, 0.5) is 11.4 Å². The zero-order valence-corrected chi connectivity index (χ0v) is 24.7. The highest BCUT2D eigenvalue weighted by atomic mass is 35.5. The van der Waals surface area contributed by atoms with Crippen LogP contribution in [-0.4, -0.2) is 23.0 Å². The van der Waals surface area contributed by atoms with Gasteiger partial charge in [-0.2, -0.15) is 0 Å². The molecule has 1 atom stereocenters. The highest BCUT2D eigenvalue weighted by molar-refractivity contribution is 8.00. The number of thioether (sulfide) groups is 1. The van der Waals surface area contributed by atoms with Crippen molar-refractivity contribution in [2.75, 3.05) is 10.6 Å². The molecule has 0 saturated carbocycles. The molecule has 0 heterocycles. The van der Waals surface area contributed by atoms with Crippen molar-refractivity contribution in [1.29, 1.82) is 0 Å². The van der Waals surface area contributed by atoms with Crippen molar-refractivity contribution >= 4 is 81.7 Å². The molecule has 41 heavy (non-hydrogen) atoms. The summed E-state index contributed by atoms with van der Waals surface area (Å²) in [6.07, 6.45) is 1.44. The third-order valence-electron chi connectivity index (χ3n) is 5.70. The number of hydrogen-bond acceptors (Lipinski definition) is 4. The highest BCUT2D eigenvalue weighted by Crippen LogP contribution is 2.28. The standard InChI is InChI=1S/C31H24Cl3N3O3S/c1-19(29(38)36-23-10-5-9-21(32)17-23)41-24-15-13-22(14-16-24)35-31(40)28(18-25-26(33)11-6-12-27(25)34)37-30(39)20-7-3-2-4-8-20/h2-19H,1H3,(H,35,40)(H,36,38)(H,37,39)/b28-18-. The van der Waals surface area contributed by atoms with E-state index in [2.05, 4.69) is 16.0 Å². The van der Waals surface area contributed by atoms with Crippen molar-refractivity contribution in [3.63, 3.8) is 0 Å². The van der Waals surface area contributed by atoms with E-state index in [0.717, 1.165) is 4.90 Å². The molecule has 0 aliphatic heterocycles. The van der Waals surface area contributed by atoms with Gasteiger partial charge in [0.1, 0.15) is 5.70 Å². The predicted octanol–water partition coefficient (Wildman–Crippen LogP) is 8.18. The first-order valence-electron chi connectivity index (χ1n) is 12.4. The number of rotatable bonds is 9. The molecule has 0 aliphatic carbocycles. The summed E-state index contributed by atoms with van der Waals surface area (Å²) in [7, 11) is 0. The number of carbonyl (C=O) groups excluding carboxylic acids is 3. The van der Waals surface area contributed by atoms with Gasteiger partial charge in [-0.05, 0) is 79.7 Å². The Kier molecular flexibility index (Phi) is 10.5. The maximum absolute atomic E-state index is 13.3. The van der Waals surface area contributed by atoms with Gasteiger partial charge >= 0.3 is 0 Å². The predicted molar refractivity (Wildman–Crippen MR) is 169 cm³/mol. The molecule has 0 fully saturated rings. The van der Waals surface area contributed by atoms with E-state index in [1.165, 1.54) is 17.8 Å². The fraction of sp³-hybridized carbons (Fsp3) is 0.0645. The molecule has 3 N–H and O–H groups in total. The second-order valence-corrected chi connectivity index (χ2v) is 11.4. The van der Waals surface area contributed by atoms with Gasteiger partial charge in [-0.15, -0.1) is 11.8 Å². The molecule has 0 radical (unpaired) electrons. The molecular formula is C31H24Cl3N3O3S. The molecule has 208 valence electrons. The van der Waals surface area contributed by atoms with E-state index in [9.17, 15) is 14.4 Å². The lowest BCUT2D eigenvalue weighted by Gasteiger charge is -2.14. The number of nitrogens with one attached hydrogen (secondary N) is 3. The smallest absolute Gasteiger partial charge is 0.272 e. The second-order valence-electron chi connectivity index (χ2n) is 8.75. The third kappa shape index (κ3) is 8.62. The Morgan fingerprint density at radius 2 is 1.41 bits per heavy atom. The Bertz CT molecular complexity index is 1580. The molecule has 4 rings (SSSR count). The zero-order chi connectivity index (χ0) is 29.4. The third-order valence-corrected chi connectivity index (χ3v) is 7.71. The maximum atomic E-state index is 13.3. The summed E-state index contributed by atoms with van der Waals surface area (Å²) in [6.45, 7) is 1.80. The van der Waals surface area contributed by atoms with Gasteiger partial charge in [-0.3, -0.25) is 14.4 Å². The van der Waals surface area contributed by atoms with Gasteiger partial charge in [0.2, 0.25) is 5.91 Å². The average molecular weight is 625 g/mol. The minimum absolute atomic E-state index is 0.0430. The molecule has 10 heteroatoms. The van der Waals surface area contributed by atoms with Crippen LogP contribution in [0, 0.1) is 0 Å². The molecule has 3 amide bonds. The number of anilines is 2. The zero-order valence-electron chi connectivity index (χ0n) is 21.7.